The topological polar surface area (TPSA) is 55.4 Å². The van der Waals surface area contributed by atoms with E-state index in [1.165, 1.54) is 0 Å². The van der Waals surface area contributed by atoms with Crippen molar-refractivity contribution in [2.75, 3.05) is 11.9 Å². The molecule has 0 heterocycles. The lowest BCUT2D eigenvalue weighted by atomic mass is 10.1. The van der Waals surface area contributed by atoms with Crippen LogP contribution in [0.15, 0.2) is 42.5 Å². The highest BCUT2D eigenvalue weighted by atomic mass is 35.5. The average Bonchev–Trinajstić information content (AvgIpc) is 2.51. The van der Waals surface area contributed by atoms with E-state index in [0.29, 0.717) is 28.6 Å². The fourth-order valence-electron chi connectivity index (χ4n) is 1.98. The Labute approximate surface area is 134 Å². The van der Waals surface area contributed by atoms with Gasteiger partial charge in [0.05, 0.1) is 18.7 Å². The van der Waals surface area contributed by atoms with E-state index in [1.807, 2.05) is 6.92 Å². The second-order valence-corrected chi connectivity index (χ2v) is 5.09. The van der Waals surface area contributed by atoms with Gasteiger partial charge in [-0.1, -0.05) is 23.7 Å². The van der Waals surface area contributed by atoms with Gasteiger partial charge in [-0.25, -0.2) is 0 Å². The van der Waals surface area contributed by atoms with Gasteiger partial charge in [0.15, 0.2) is 0 Å². The Hall–Kier alpha value is -2.33. The molecule has 22 heavy (non-hydrogen) atoms. The zero-order valence-corrected chi connectivity index (χ0v) is 12.9. The molecule has 1 amide bonds. The maximum absolute atomic E-state index is 12.1. The zero-order valence-electron chi connectivity index (χ0n) is 12.1. The number of benzene rings is 2. The van der Waals surface area contributed by atoms with Crippen molar-refractivity contribution in [3.8, 4) is 5.75 Å². The Morgan fingerprint density at radius 2 is 1.95 bits per heavy atom. The summed E-state index contributed by atoms with van der Waals surface area (Å²) >= 11 is 5.82. The van der Waals surface area contributed by atoms with Crippen molar-refractivity contribution >= 4 is 29.5 Å². The van der Waals surface area contributed by atoms with Gasteiger partial charge in [-0.2, -0.15) is 0 Å². The molecule has 0 unspecified atom stereocenters. The molecular formula is C17H16ClNO3. The van der Waals surface area contributed by atoms with Gasteiger partial charge in [0.25, 0.3) is 0 Å². The standard InChI is InChI=1S/C17H16ClNO3/c1-2-22-16-8-5-13(11-20)9-15(16)19-17(21)10-12-3-6-14(18)7-4-12/h3-9,11H,2,10H2,1H3,(H,19,21). The molecule has 0 saturated heterocycles. The van der Waals surface area contributed by atoms with E-state index in [2.05, 4.69) is 5.32 Å². The van der Waals surface area contributed by atoms with Gasteiger partial charge in [-0.05, 0) is 42.8 Å². The highest BCUT2D eigenvalue weighted by molar-refractivity contribution is 6.30. The SMILES string of the molecule is CCOc1ccc(C=O)cc1NC(=O)Cc1ccc(Cl)cc1. The Morgan fingerprint density at radius 3 is 2.59 bits per heavy atom. The Morgan fingerprint density at radius 1 is 1.23 bits per heavy atom. The minimum absolute atomic E-state index is 0.189. The number of aldehydes is 1. The first-order chi connectivity index (χ1) is 10.6. The summed E-state index contributed by atoms with van der Waals surface area (Å²) in [6, 6.07) is 12.0. The Balaban J connectivity index is 2.12. The van der Waals surface area contributed by atoms with Crippen molar-refractivity contribution in [1.82, 2.24) is 0 Å². The van der Waals surface area contributed by atoms with Crippen LogP contribution in [-0.4, -0.2) is 18.8 Å². The third kappa shape index (κ3) is 4.33. The van der Waals surface area contributed by atoms with E-state index in [9.17, 15) is 9.59 Å². The number of halogens is 1. The molecule has 0 atom stereocenters. The summed E-state index contributed by atoms with van der Waals surface area (Å²) in [7, 11) is 0. The van der Waals surface area contributed by atoms with Crippen LogP contribution in [0, 0.1) is 0 Å². The molecule has 1 N–H and O–H groups in total. The van der Waals surface area contributed by atoms with Gasteiger partial charge in [0.2, 0.25) is 5.91 Å². The van der Waals surface area contributed by atoms with E-state index in [4.69, 9.17) is 16.3 Å². The van der Waals surface area contributed by atoms with Gasteiger partial charge >= 0.3 is 0 Å². The number of carbonyl (C=O) groups excluding carboxylic acids is 2. The molecule has 0 saturated carbocycles. The second-order valence-electron chi connectivity index (χ2n) is 4.66. The first kappa shape index (κ1) is 16.0. The largest absolute Gasteiger partial charge is 0.492 e. The number of carbonyl (C=O) groups is 2. The molecule has 5 heteroatoms. The molecule has 0 radical (unpaired) electrons. The van der Waals surface area contributed by atoms with Gasteiger partial charge in [-0.15, -0.1) is 0 Å². The summed E-state index contributed by atoms with van der Waals surface area (Å²) in [5.74, 6) is 0.351. The lowest BCUT2D eigenvalue weighted by molar-refractivity contribution is -0.115. The molecule has 0 aliphatic heterocycles. The van der Waals surface area contributed by atoms with Crippen molar-refractivity contribution < 1.29 is 14.3 Å². The van der Waals surface area contributed by atoms with Crippen molar-refractivity contribution in [2.24, 2.45) is 0 Å². The highest BCUT2D eigenvalue weighted by Crippen LogP contribution is 2.25. The molecule has 0 aromatic heterocycles. The lowest BCUT2D eigenvalue weighted by Crippen LogP contribution is -2.15. The van der Waals surface area contributed by atoms with Gasteiger partial charge < -0.3 is 10.1 Å². The number of ether oxygens (including phenoxy) is 1. The predicted octanol–water partition coefficient (Wildman–Crippen LogP) is 3.73. The van der Waals surface area contributed by atoms with Gasteiger partial charge in [0.1, 0.15) is 12.0 Å². The summed E-state index contributed by atoms with van der Waals surface area (Å²) in [5.41, 5.74) is 1.82. The summed E-state index contributed by atoms with van der Waals surface area (Å²) in [4.78, 5) is 23.0. The molecule has 0 spiro atoms. The summed E-state index contributed by atoms with van der Waals surface area (Å²) in [6.07, 6.45) is 0.943. The molecule has 0 fully saturated rings. The minimum atomic E-state index is -0.189. The van der Waals surface area contributed by atoms with Crippen LogP contribution in [0.25, 0.3) is 0 Å². The van der Waals surface area contributed by atoms with Crippen LogP contribution in [-0.2, 0) is 11.2 Å². The van der Waals surface area contributed by atoms with Crippen LogP contribution in [0.2, 0.25) is 5.02 Å². The number of hydrogen-bond donors (Lipinski definition) is 1. The fraction of sp³-hybridized carbons (Fsp3) is 0.176. The molecule has 2 rings (SSSR count). The molecule has 0 bridgehead atoms. The van der Waals surface area contributed by atoms with Crippen LogP contribution in [0.4, 0.5) is 5.69 Å². The molecule has 2 aromatic carbocycles. The quantitative estimate of drug-likeness (QED) is 0.826. The first-order valence-electron chi connectivity index (χ1n) is 6.88. The first-order valence-corrected chi connectivity index (χ1v) is 7.26. The van der Waals surface area contributed by atoms with Crippen LogP contribution >= 0.6 is 11.6 Å². The second kappa shape index (κ2) is 7.61. The summed E-state index contributed by atoms with van der Waals surface area (Å²) < 4.78 is 5.46. The number of amides is 1. The number of nitrogens with one attached hydrogen (secondary N) is 1. The molecule has 0 aliphatic carbocycles. The average molecular weight is 318 g/mol. The highest BCUT2D eigenvalue weighted by Gasteiger charge is 2.10. The number of rotatable bonds is 6. The summed E-state index contributed by atoms with van der Waals surface area (Å²) in [5, 5.41) is 3.40. The summed E-state index contributed by atoms with van der Waals surface area (Å²) in [6.45, 7) is 2.33. The number of hydrogen-bond acceptors (Lipinski definition) is 3. The smallest absolute Gasteiger partial charge is 0.228 e. The van der Waals surface area contributed by atoms with E-state index in [0.717, 1.165) is 11.8 Å². The normalized spacial score (nSPS) is 10.1. The van der Waals surface area contributed by atoms with Crippen LogP contribution in [0.1, 0.15) is 22.8 Å². The van der Waals surface area contributed by atoms with Crippen molar-refractivity contribution in [1.29, 1.82) is 0 Å². The van der Waals surface area contributed by atoms with Crippen molar-refractivity contribution in [3.05, 3.63) is 58.6 Å². The third-order valence-electron chi connectivity index (χ3n) is 2.99. The fourth-order valence-corrected chi connectivity index (χ4v) is 2.11. The van der Waals surface area contributed by atoms with Crippen LogP contribution < -0.4 is 10.1 Å². The minimum Gasteiger partial charge on any atom is -0.492 e. The van der Waals surface area contributed by atoms with Crippen LogP contribution in [0.3, 0.4) is 0 Å². The molecule has 0 aliphatic rings. The predicted molar refractivity (Wildman–Crippen MR) is 86.8 cm³/mol. The van der Waals surface area contributed by atoms with Crippen LogP contribution in [0.5, 0.6) is 5.75 Å². The van der Waals surface area contributed by atoms with Gasteiger partial charge in [0, 0.05) is 10.6 Å². The molecule has 2 aromatic rings. The van der Waals surface area contributed by atoms with E-state index in [1.54, 1.807) is 42.5 Å². The molecular weight excluding hydrogens is 302 g/mol. The van der Waals surface area contributed by atoms with E-state index >= 15 is 0 Å². The van der Waals surface area contributed by atoms with E-state index < -0.39 is 0 Å². The lowest BCUT2D eigenvalue weighted by Gasteiger charge is -2.12. The Bertz CT molecular complexity index is 668. The Kier molecular flexibility index (Phi) is 5.55. The zero-order chi connectivity index (χ0) is 15.9. The molecule has 4 nitrogen and oxygen atoms in total. The van der Waals surface area contributed by atoms with E-state index in [-0.39, 0.29) is 12.3 Å². The maximum Gasteiger partial charge on any atom is 0.228 e. The van der Waals surface area contributed by atoms with Crippen molar-refractivity contribution in [3.63, 3.8) is 0 Å². The third-order valence-corrected chi connectivity index (χ3v) is 3.24. The number of anilines is 1. The molecule has 114 valence electrons. The van der Waals surface area contributed by atoms with Gasteiger partial charge in [-0.3, -0.25) is 9.59 Å². The maximum atomic E-state index is 12.1. The van der Waals surface area contributed by atoms with Crippen molar-refractivity contribution in [2.45, 2.75) is 13.3 Å². The monoisotopic (exact) mass is 317 g/mol.